The molecule has 31 heavy (non-hydrogen) atoms. The van der Waals surface area contributed by atoms with Gasteiger partial charge in [0.2, 0.25) is 5.91 Å². The van der Waals surface area contributed by atoms with Crippen LogP contribution in [0.15, 0.2) is 36.9 Å². The van der Waals surface area contributed by atoms with Crippen LogP contribution in [-0.2, 0) is 11.3 Å². The van der Waals surface area contributed by atoms with Gasteiger partial charge in [-0.3, -0.25) is 9.69 Å². The lowest BCUT2D eigenvalue weighted by Gasteiger charge is -2.21. The fourth-order valence-electron chi connectivity index (χ4n) is 4.08. The number of nitrogens with zero attached hydrogens (tertiary/aromatic N) is 7. The summed E-state index contributed by atoms with van der Waals surface area (Å²) < 4.78 is 1.77. The fourth-order valence-corrected chi connectivity index (χ4v) is 4.08. The van der Waals surface area contributed by atoms with Gasteiger partial charge in [-0.25, -0.2) is 19.9 Å². The highest BCUT2D eigenvalue weighted by Gasteiger charge is 2.36. The molecule has 3 aromatic heterocycles. The number of amides is 1. The number of aromatic nitrogens is 6. The molecule has 4 aromatic rings. The van der Waals surface area contributed by atoms with E-state index in [0.717, 1.165) is 16.9 Å². The maximum absolute atomic E-state index is 12.9. The second-order valence-electron chi connectivity index (χ2n) is 7.89. The minimum absolute atomic E-state index is 0.0567. The van der Waals surface area contributed by atoms with E-state index < -0.39 is 6.10 Å². The monoisotopic (exact) mass is 421 g/mol. The molecular formula is C20H23N9O2. The van der Waals surface area contributed by atoms with Crippen LogP contribution < -0.4 is 5.73 Å². The van der Waals surface area contributed by atoms with Crippen LogP contribution in [0.1, 0.15) is 11.9 Å². The Hall–Kier alpha value is -3.57. The summed E-state index contributed by atoms with van der Waals surface area (Å²) in [7, 11) is 1.87. The Bertz CT molecular complexity index is 1220. The predicted octanol–water partition coefficient (Wildman–Crippen LogP) is 0.161. The zero-order chi connectivity index (χ0) is 21.5. The first-order valence-corrected chi connectivity index (χ1v) is 10.0. The largest absolute Gasteiger partial charge is 0.389 e. The number of benzene rings is 1. The number of H-pyrrole nitrogens is 1. The first-order valence-electron chi connectivity index (χ1n) is 10.0. The quantitative estimate of drug-likeness (QED) is 0.414. The van der Waals surface area contributed by atoms with Crippen molar-refractivity contribution in [2.45, 2.75) is 18.7 Å². The molecule has 1 aromatic carbocycles. The first-order chi connectivity index (χ1) is 15.0. The topological polar surface area (TPSA) is 142 Å². The second kappa shape index (κ2) is 7.60. The summed E-state index contributed by atoms with van der Waals surface area (Å²) in [5, 5.41) is 10.6. The normalized spacial score (nSPS) is 19.1. The molecule has 11 nitrogen and oxygen atoms in total. The zero-order valence-electron chi connectivity index (χ0n) is 17.0. The number of nitrogen functional groups attached to an aromatic ring is 1. The molecular weight excluding hydrogens is 398 g/mol. The van der Waals surface area contributed by atoms with E-state index in [0.29, 0.717) is 24.3 Å². The van der Waals surface area contributed by atoms with Crippen molar-refractivity contribution < 1.29 is 9.90 Å². The van der Waals surface area contributed by atoms with Crippen LogP contribution in [-0.4, -0.2) is 83.1 Å². The highest BCUT2D eigenvalue weighted by atomic mass is 16.3. The molecule has 0 saturated carbocycles. The Morgan fingerprint density at radius 3 is 2.97 bits per heavy atom. The third-order valence-electron chi connectivity index (χ3n) is 5.62. The Morgan fingerprint density at radius 1 is 1.29 bits per heavy atom. The van der Waals surface area contributed by atoms with Crippen molar-refractivity contribution in [2.24, 2.45) is 0 Å². The molecule has 4 heterocycles. The van der Waals surface area contributed by atoms with Crippen molar-refractivity contribution in [3.8, 4) is 0 Å². The van der Waals surface area contributed by atoms with E-state index in [1.54, 1.807) is 15.8 Å². The summed E-state index contributed by atoms with van der Waals surface area (Å²) >= 11 is 0. The number of anilines is 1. The van der Waals surface area contributed by atoms with Crippen LogP contribution in [0.4, 0.5) is 5.82 Å². The number of hydrogen-bond acceptors (Lipinski definition) is 8. The van der Waals surface area contributed by atoms with Crippen LogP contribution in [0.3, 0.4) is 0 Å². The molecule has 1 amide bonds. The number of hydrogen-bond donors (Lipinski definition) is 3. The predicted molar refractivity (Wildman–Crippen MR) is 114 cm³/mol. The average Bonchev–Trinajstić information content (AvgIpc) is 3.44. The number of β-amino-alcohol motifs (C(OH)–C–C–N with tert-alkyl or cyclic N) is 1. The summed E-state index contributed by atoms with van der Waals surface area (Å²) in [4.78, 5) is 36.7. The average molecular weight is 421 g/mol. The minimum Gasteiger partial charge on any atom is -0.389 e. The number of likely N-dealkylation sites (tertiary alicyclic amines) is 1. The van der Waals surface area contributed by atoms with Gasteiger partial charge in [-0.05, 0) is 19.2 Å². The Kier molecular flexibility index (Phi) is 4.75. The number of nitrogens with two attached hydrogens (primary N) is 1. The molecule has 1 aliphatic heterocycles. The van der Waals surface area contributed by atoms with Crippen molar-refractivity contribution >= 4 is 33.9 Å². The fraction of sp³-hybridized carbons (Fsp3) is 0.350. The Balaban J connectivity index is 1.25. The van der Waals surface area contributed by atoms with E-state index in [1.807, 2.05) is 36.2 Å². The summed E-state index contributed by atoms with van der Waals surface area (Å²) in [5.74, 6) is 1.04. The summed E-state index contributed by atoms with van der Waals surface area (Å²) in [6.45, 7) is 1.36. The van der Waals surface area contributed by atoms with Crippen molar-refractivity contribution in [2.75, 3.05) is 32.4 Å². The van der Waals surface area contributed by atoms with Gasteiger partial charge in [-0.2, -0.15) is 0 Å². The van der Waals surface area contributed by atoms with Gasteiger partial charge in [0.1, 0.15) is 17.7 Å². The van der Waals surface area contributed by atoms with E-state index in [9.17, 15) is 9.90 Å². The molecule has 1 saturated heterocycles. The minimum atomic E-state index is -0.724. The number of aliphatic hydroxyl groups is 1. The maximum Gasteiger partial charge on any atom is 0.236 e. The number of carbonyl (C=O) groups is 1. The molecule has 1 aliphatic rings. The molecule has 0 radical (unpaired) electrons. The smallest absolute Gasteiger partial charge is 0.236 e. The second-order valence-corrected chi connectivity index (χ2v) is 7.89. The standard InChI is InChI=1S/C20H23N9O2/c1-27(8-16-25-12-4-2-3-5-13(12)26-16)9-17(31)28-6-14(15(30)7-28)29-11-24-18-19(21)22-10-23-20(18)29/h2-5,10-11,14-15,30H,6-9H2,1H3,(H,25,26)(H2,21,22,23)/t14-,15-/m1/s1. The molecule has 11 heteroatoms. The summed E-state index contributed by atoms with van der Waals surface area (Å²) in [6, 6.07) is 7.48. The third-order valence-corrected chi connectivity index (χ3v) is 5.62. The molecule has 160 valence electrons. The number of aliphatic hydroxyl groups excluding tert-OH is 1. The third kappa shape index (κ3) is 3.57. The first kappa shape index (κ1) is 19.4. The number of carbonyl (C=O) groups excluding carboxylic acids is 1. The molecule has 1 fully saturated rings. The van der Waals surface area contributed by atoms with E-state index in [4.69, 9.17) is 5.73 Å². The van der Waals surface area contributed by atoms with Crippen LogP contribution >= 0.6 is 0 Å². The number of likely N-dealkylation sites (N-methyl/N-ethyl adjacent to an activating group) is 1. The molecule has 5 rings (SSSR count). The zero-order valence-corrected chi connectivity index (χ0v) is 17.0. The Morgan fingerprint density at radius 2 is 2.13 bits per heavy atom. The lowest BCUT2D eigenvalue weighted by atomic mass is 10.2. The summed E-state index contributed by atoms with van der Waals surface area (Å²) in [5.41, 5.74) is 8.77. The van der Waals surface area contributed by atoms with Gasteiger partial charge in [0.05, 0.1) is 42.6 Å². The molecule has 0 bridgehead atoms. The number of nitrogens with one attached hydrogen (secondary N) is 1. The van der Waals surface area contributed by atoms with Crippen LogP contribution in [0.25, 0.3) is 22.2 Å². The van der Waals surface area contributed by atoms with Gasteiger partial charge in [-0.15, -0.1) is 0 Å². The van der Waals surface area contributed by atoms with Crippen molar-refractivity contribution in [1.29, 1.82) is 0 Å². The van der Waals surface area contributed by atoms with Crippen molar-refractivity contribution in [1.82, 2.24) is 39.3 Å². The van der Waals surface area contributed by atoms with Crippen molar-refractivity contribution in [3.63, 3.8) is 0 Å². The van der Waals surface area contributed by atoms with E-state index in [-0.39, 0.29) is 30.9 Å². The number of imidazole rings is 2. The number of aromatic amines is 1. The molecule has 0 unspecified atom stereocenters. The van der Waals surface area contributed by atoms with Gasteiger partial charge in [0.15, 0.2) is 11.5 Å². The lowest BCUT2D eigenvalue weighted by Crippen LogP contribution is -2.38. The van der Waals surface area contributed by atoms with Crippen LogP contribution in [0.2, 0.25) is 0 Å². The number of fused-ring (bicyclic) bond motifs is 2. The van der Waals surface area contributed by atoms with E-state index >= 15 is 0 Å². The Labute approximate surface area is 177 Å². The SMILES string of the molecule is CN(CC(=O)N1C[C@@H](O)[C@H](n2cnc3c(N)ncnc32)C1)Cc1nc2ccccc2[nH]1. The maximum atomic E-state index is 12.9. The van der Waals surface area contributed by atoms with E-state index in [2.05, 4.69) is 24.9 Å². The number of para-hydroxylation sites is 2. The molecule has 0 aliphatic carbocycles. The van der Waals surface area contributed by atoms with E-state index in [1.165, 1.54) is 6.33 Å². The van der Waals surface area contributed by atoms with Gasteiger partial charge in [-0.1, -0.05) is 12.1 Å². The highest BCUT2D eigenvalue weighted by molar-refractivity contribution is 5.81. The van der Waals surface area contributed by atoms with Crippen molar-refractivity contribution in [3.05, 3.63) is 42.7 Å². The summed E-state index contributed by atoms with van der Waals surface area (Å²) in [6.07, 6.45) is 2.23. The molecule has 4 N–H and O–H groups in total. The highest BCUT2D eigenvalue weighted by Crippen LogP contribution is 2.26. The van der Waals surface area contributed by atoms with Crippen LogP contribution in [0, 0.1) is 0 Å². The van der Waals surface area contributed by atoms with Crippen LogP contribution in [0.5, 0.6) is 0 Å². The molecule has 0 spiro atoms. The van der Waals surface area contributed by atoms with Gasteiger partial charge in [0.25, 0.3) is 0 Å². The van der Waals surface area contributed by atoms with Gasteiger partial charge < -0.3 is 25.3 Å². The molecule has 2 atom stereocenters. The lowest BCUT2D eigenvalue weighted by molar-refractivity contribution is -0.131. The van der Waals surface area contributed by atoms with Gasteiger partial charge >= 0.3 is 0 Å². The van der Waals surface area contributed by atoms with Gasteiger partial charge in [0, 0.05) is 13.1 Å². The number of rotatable bonds is 5.